The lowest BCUT2D eigenvalue weighted by Gasteiger charge is -2.52. The zero-order valence-electron chi connectivity index (χ0n) is 19.1. The van der Waals surface area contributed by atoms with Gasteiger partial charge in [-0.1, -0.05) is 12.1 Å². The largest absolute Gasteiger partial charge is 0.497 e. The van der Waals surface area contributed by atoms with Gasteiger partial charge in [-0.25, -0.2) is 0 Å². The van der Waals surface area contributed by atoms with E-state index in [0.29, 0.717) is 5.75 Å². The second-order valence-corrected chi connectivity index (χ2v) is 9.38. The molecule has 0 N–H and O–H groups in total. The minimum Gasteiger partial charge on any atom is -0.497 e. The number of piperidine rings is 1. The first-order valence-electron chi connectivity index (χ1n) is 10.4. The molecule has 2 rings (SSSR count). The van der Waals surface area contributed by atoms with Gasteiger partial charge in [-0.15, -0.1) is 0 Å². The molecule has 1 aromatic rings. The number of hydrogen-bond donors (Lipinski definition) is 0. The molecular formula is C22H31F6NO3. The third kappa shape index (κ3) is 6.29. The average Bonchev–Trinajstić information content (AvgIpc) is 2.63. The summed E-state index contributed by atoms with van der Waals surface area (Å²) in [5.41, 5.74) is -0.814. The van der Waals surface area contributed by atoms with Crippen molar-refractivity contribution >= 4 is 0 Å². The van der Waals surface area contributed by atoms with Crippen molar-refractivity contribution < 1.29 is 40.7 Å². The van der Waals surface area contributed by atoms with Crippen LogP contribution in [0.4, 0.5) is 26.3 Å². The van der Waals surface area contributed by atoms with Gasteiger partial charge in [0.1, 0.15) is 18.0 Å². The van der Waals surface area contributed by atoms with Crippen LogP contribution < -0.4 is 4.74 Å². The molecule has 2 atom stereocenters. The maximum absolute atomic E-state index is 13.3. The fraction of sp³-hybridized carbons (Fsp3) is 0.727. The first-order chi connectivity index (χ1) is 14.5. The average molecular weight is 471 g/mol. The second kappa shape index (κ2) is 9.38. The van der Waals surface area contributed by atoms with Gasteiger partial charge in [-0.05, 0) is 71.6 Å². The molecule has 1 aliphatic rings. The van der Waals surface area contributed by atoms with E-state index >= 15 is 0 Å². The highest BCUT2D eigenvalue weighted by atomic mass is 19.4. The van der Waals surface area contributed by atoms with Crippen molar-refractivity contribution in [2.24, 2.45) is 0 Å². The van der Waals surface area contributed by atoms with Crippen molar-refractivity contribution in [3.05, 3.63) is 29.8 Å². The summed E-state index contributed by atoms with van der Waals surface area (Å²) in [6, 6.07) is 5.64. The smallest absolute Gasteiger partial charge is 0.423 e. The van der Waals surface area contributed by atoms with Crippen LogP contribution in [-0.4, -0.2) is 47.8 Å². The molecule has 32 heavy (non-hydrogen) atoms. The number of rotatable bonds is 7. The van der Waals surface area contributed by atoms with E-state index in [2.05, 4.69) is 0 Å². The first kappa shape index (κ1) is 26.7. The van der Waals surface area contributed by atoms with Crippen LogP contribution in [0.2, 0.25) is 0 Å². The van der Waals surface area contributed by atoms with Crippen molar-refractivity contribution in [3.63, 3.8) is 0 Å². The van der Waals surface area contributed by atoms with Crippen LogP contribution in [-0.2, 0) is 9.57 Å². The molecule has 4 nitrogen and oxygen atoms in total. The van der Waals surface area contributed by atoms with Crippen LogP contribution in [0.5, 0.6) is 5.75 Å². The number of hydrogen-bond acceptors (Lipinski definition) is 4. The van der Waals surface area contributed by atoms with Crippen molar-refractivity contribution in [2.75, 3.05) is 7.11 Å². The summed E-state index contributed by atoms with van der Waals surface area (Å²) in [5.74, 6) is 0.405. The lowest BCUT2D eigenvalue weighted by atomic mass is 9.82. The minimum atomic E-state index is -5.63. The van der Waals surface area contributed by atoms with Crippen molar-refractivity contribution in [3.8, 4) is 5.75 Å². The molecule has 0 radical (unpaired) electrons. The number of hydroxylamine groups is 2. The van der Waals surface area contributed by atoms with Crippen LogP contribution >= 0.6 is 0 Å². The molecule has 10 heteroatoms. The van der Waals surface area contributed by atoms with Gasteiger partial charge >= 0.3 is 12.4 Å². The van der Waals surface area contributed by atoms with Crippen LogP contribution in [0.15, 0.2) is 24.3 Å². The van der Waals surface area contributed by atoms with E-state index in [4.69, 9.17) is 14.3 Å². The van der Waals surface area contributed by atoms with Gasteiger partial charge in [-0.3, -0.25) is 4.84 Å². The zero-order valence-corrected chi connectivity index (χ0v) is 19.1. The highest BCUT2D eigenvalue weighted by molar-refractivity contribution is 5.29. The summed E-state index contributed by atoms with van der Waals surface area (Å²) in [6.45, 7) is 9.13. The lowest BCUT2D eigenvalue weighted by molar-refractivity contribution is -0.358. The summed E-state index contributed by atoms with van der Waals surface area (Å²) in [5, 5.41) is 1.68. The molecule has 1 aromatic carbocycles. The Bertz CT molecular complexity index is 716. The summed E-state index contributed by atoms with van der Waals surface area (Å²) in [7, 11) is 1.40. The van der Waals surface area contributed by atoms with Crippen molar-refractivity contribution in [2.45, 2.75) is 95.6 Å². The SMILES string of the molecule is COc1ccc([C@@H](OC(C(F)(F)F)C(F)(F)F)[C@H](C)ON2C(C)(C)CCCC2(C)C)cc1. The molecule has 1 heterocycles. The fourth-order valence-electron chi connectivity index (χ4n) is 4.22. The molecule has 1 fully saturated rings. The Labute approximate surface area is 184 Å². The van der Waals surface area contributed by atoms with Crippen LogP contribution in [0.25, 0.3) is 0 Å². The Balaban J connectivity index is 2.42. The molecule has 0 saturated carbocycles. The van der Waals surface area contributed by atoms with Gasteiger partial charge in [0.05, 0.1) is 7.11 Å². The summed E-state index contributed by atoms with van der Waals surface area (Å²) in [6.07, 6.45) is -15.5. The summed E-state index contributed by atoms with van der Waals surface area (Å²) < 4.78 is 89.3. The topological polar surface area (TPSA) is 30.9 Å². The van der Waals surface area contributed by atoms with E-state index in [1.54, 1.807) is 5.06 Å². The molecule has 184 valence electrons. The Morgan fingerprint density at radius 2 is 1.34 bits per heavy atom. The number of nitrogens with zero attached hydrogens (tertiary/aromatic N) is 1. The summed E-state index contributed by atoms with van der Waals surface area (Å²) >= 11 is 0. The molecule has 0 bridgehead atoms. The van der Waals surface area contributed by atoms with E-state index in [-0.39, 0.29) is 5.56 Å². The first-order valence-corrected chi connectivity index (χ1v) is 10.4. The monoisotopic (exact) mass is 471 g/mol. The van der Waals surface area contributed by atoms with Gasteiger partial charge < -0.3 is 9.47 Å². The predicted octanol–water partition coefficient (Wildman–Crippen LogP) is 6.61. The molecule has 0 unspecified atom stereocenters. The lowest BCUT2D eigenvalue weighted by Crippen LogP contribution is -2.59. The van der Waals surface area contributed by atoms with E-state index in [9.17, 15) is 26.3 Å². The maximum atomic E-state index is 13.3. The minimum absolute atomic E-state index is 0.115. The molecular weight excluding hydrogens is 440 g/mol. The van der Waals surface area contributed by atoms with Crippen LogP contribution in [0, 0.1) is 0 Å². The van der Waals surface area contributed by atoms with E-state index in [1.165, 1.54) is 38.3 Å². The third-order valence-corrected chi connectivity index (χ3v) is 5.70. The van der Waals surface area contributed by atoms with E-state index in [1.807, 2.05) is 27.7 Å². The molecule has 0 spiro atoms. The van der Waals surface area contributed by atoms with E-state index in [0.717, 1.165) is 19.3 Å². The predicted molar refractivity (Wildman–Crippen MR) is 107 cm³/mol. The van der Waals surface area contributed by atoms with Crippen LogP contribution in [0.3, 0.4) is 0 Å². The van der Waals surface area contributed by atoms with Crippen molar-refractivity contribution in [1.82, 2.24) is 5.06 Å². The Morgan fingerprint density at radius 1 is 0.875 bits per heavy atom. The van der Waals surface area contributed by atoms with Gasteiger partial charge in [0.25, 0.3) is 0 Å². The zero-order chi connectivity index (χ0) is 24.5. The highest BCUT2D eigenvalue weighted by Gasteiger charge is 2.59. The number of halogens is 6. The summed E-state index contributed by atoms with van der Waals surface area (Å²) in [4.78, 5) is 6.06. The quantitative estimate of drug-likeness (QED) is 0.419. The Hall–Kier alpha value is -1.52. The third-order valence-electron chi connectivity index (χ3n) is 5.70. The highest BCUT2D eigenvalue weighted by Crippen LogP contribution is 2.43. The Kier molecular flexibility index (Phi) is 7.84. The van der Waals surface area contributed by atoms with Gasteiger partial charge in [-0.2, -0.15) is 31.4 Å². The maximum Gasteiger partial charge on any atom is 0.423 e. The van der Waals surface area contributed by atoms with E-state index < -0.39 is 41.7 Å². The molecule has 0 aliphatic carbocycles. The number of alkyl halides is 6. The fourth-order valence-corrected chi connectivity index (χ4v) is 4.22. The normalized spacial score (nSPS) is 21.4. The van der Waals surface area contributed by atoms with Gasteiger partial charge in [0.15, 0.2) is 0 Å². The molecule has 0 amide bonds. The van der Waals surface area contributed by atoms with Crippen LogP contribution in [0.1, 0.15) is 65.5 Å². The van der Waals surface area contributed by atoms with Gasteiger partial charge in [0.2, 0.25) is 6.10 Å². The Morgan fingerprint density at radius 3 is 1.75 bits per heavy atom. The number of benzene rings is 1. The second-order valence-electron chi connectivity index (χ2n) is 9.38. The number of methoxy groups -OCH3 is 1. The van der Waals surface area contributed by atoms with Gasteiger partial charge in [0, 0.05) is 11.1 Å². The standard InChI is InChI=1S/C22H31F6NO3/c1-14(32-29-19(2,3)12-7-13-20(29,4)5)17(15-8-10-16(30-6)11-9-15)31-18(21(23,24)25)22(26,27)28/h8-11,14,17-18H,7,12-13H2,1-6H3/t14-,17-/m0/s1. The molecule has 0 aromatic heterocycles. The molecule has 1 aliphatic heterocycles. The molecule has 1 saturated heterocycles. The van der Waals surface area contributed by atoms with Crippen molar-refractivity contribution in [1.29, 1.82) is 0 Å². The number of ether oxygens (including phenoxy) is 2.